The number of piperidine rings is 1. The molecule has 1 aliphatic rings. The molecule has 6 heteroatoms. The number of hydrogen-bond donors (Lipinski definition) is 1. The predicted octanol–water partition coefficient (Wildman–Crippen LogP) is 2.32. The number of amides is 1. The summed E-state index contributed by atoms with van der Waals surface area (Å²) < 4.78 is 26.7. The van der Waals surface area contributed by atoms with Gasteiger partial charge in [-0.05, 0) is 43.9 Å². The summed E-state index contributed by atoms with van der Waals surface area (Å²) in [7, 11) is -3.40. The van der Waals surface area contributed by atoms with Gasteiger partial charge < -0.3 is 5.32 Å². The minimum atomic E-state index is -3.40. The highest BCUT2D eigenvalue weighted by Gasteiger charge is 2.25. The lowest BCUT2D eigenvalue weighted by molar-refractivity contribution is -0.121. The Hall–Kier alpha value is -1.40. The molecule has 0 saturated carbocycles. The lowest BCUT2D eigenvalue weighted by atomic mass is 10.1. The zero-order chi connectivity index (χ0) is 16.9. The molecule has 0 aliphatic carbocycles. The van der Waals surface area contributed by atoms with E-state index in [1.54, 1.807) is 28.6 Å². The van der Waals surface area contributed by atoms with Crippen molar-refractivity contribution in [3.63, 3.8) is 0 Å². The van der Waals surface area contributed by atoms with Gasteiger partial charge in [0.15, 0.2) is 0 Å². The summed E-state index contributed by atoms with van der Waals surface area (Å²) in [4.78, 5) is 12.2. The van der Waals surface area contributed by atoms with Gasteiger partial charge in [-0.15, -0.1) is 0 Å². The number of hydrogen-bond acceptors (Lipinski definition) is 3. The molecule has 1 fully saturated rings. The summed E-state index contributed by atoms with van der Waals surface area (Å²) in [6, 6.07) is 6.83. The van der Waals surface area contributed by atoms with Crippen LogP contribution in [0.3, 0.4) is 0 Å². The Morgan fingerprint density at radius 1 is 1.17 bits per heavy atom. The van der Waals surface area contributed by atoms with Crippen molar-refractivity contribution in [1.82, 2.24) is 9.62 Å². The Kier molecular flexibility index (Phi) is 6.18. The van der Waals surface area contributed by atoms with Crippen molar-refractivity contribution in [2.45, 2.75) is 56.9 Å². The van der Waals surface area contributed by atoms with E-state index in [-0.39, 0.29) is 18.4 Å². The molecule has 1 aromatic carbocycles. The van der Waals surface area contributed by atoms with Gasteiger partial charge in [0.1, 0.15) is 0 Å². The van der Waals surface area contributed by atoms with Crippen LogP contribution in [-0.2, 0) is 21.2 Å². The number of benzene rings is 1. The largest absolute Gasteiger partial charge is 0.353 e. The fourth-order valence-electron chi connectivity index (χ4n) is 2.65. The normalized spacial score (nSPS) is 17.7. The monoisotopic (exact) mass is 338 g/mol. The van der Waals surface area contributed by atoms with Crippen molar-refractivity contribution in [3.05, 3.63) is 29.8 Å². The van der Waals surface area contributed by atoms with Gasteiger partial charge in [0.2, 0.25) is 15.9 Å². The Bertz CT molecular complexity index is 620. The molecular weight excluding hydrogens is 312 g/mol. The number of nitrogens with one attached hydrogen (secondary N) is 1. The quantitative estimate of drug-likeness (QED) is 0.865. The van der Waals surface area contributed by atoms with Crippen molar-refractivity contribution in [1.29, 1.82) is 0 Å². The third-order valence-electron chi connectivity index (χ3n) is 4.26. The highest BCUT2D eigenvalue weighted by molar-refractivity contribution is 7.89. The summed E-state index contributed by atoms with van der Waals surface area (Å²) in [5.74, 6) is -0.0361. The molecule has 1 aromatic rings. The van der Waals surface area contributed by atoms with E-state index >= 15 is 0 Å². The Morgan fingerprint density at radius 2 is 1.78 bits per heavy atom. The Morgan fingerprint density at radius 3 is 2.35 bits per heavy atom. The second-order valence-corrected chi connectivity index (χ2v) is 8.10. The highest BCUT2D eigenvalue weighted by Crippen LogP contribution is 2.20. The first-order valence-corrected chi connectivity index (χ1v) is 9.76. The molecule has 1 amide bonds. The maximum atomic E-state index is 12.6. The molecule has 0 bridgehead atoms. The molecule has 0 radical (unpaired) electrons. The van der Waals surface area contributed by atoms with Crippen molar-refractivity contribution in [2.24, 2.45) is 0 Å². The lowest BCUT2D eigenvalue weighted by Crippen LogP contribution is -2.35. The topological polar surface area (TPSA) is 66.5 Å². The van der Waals surface area contributed by atoms with Crippen molar-refractivity contribution >= 4 is 15.9 Å². The van der Waals surface area contributed by atoms with E-state index in [9.17, 15) is 13.2 Å². The Balaban J connectivity index is 2.02. The van der Waals surface area contributed by atoms with Gasteiger partial charge in [-0.25, -0.2) is 8.42 Å². The minimum absolute atomic E-state index is 0.0361. The average molecular weight is 338 g/mol. The number of nitrogens with zero attached hydrogens (tertiary/aromatic N) is 1. The van der Waals surface area contributed by atoms with E-state index in [2.05, 4.69) is 5.32 Å². The van der Waals surface area contributed by atoms with Crippen LogP contribution in [0.1, 0.15) is 45.1 Å². The molecule has 1 aliphatic heterocycles. The first-order chi connectivity index (χ1) is 10.9. The molecule has 1 atom stereocenters. The first-order valence-electron chi connectivity index (χ1n) is 8.32. The van der Waals surface area contributed by atoms with Crippen LogP contribution in [0.5, 0.6) is 0 Å². The van der Waals surface area contributed by atoms with Gasteiger partial charge in [0.05, 0.1) is 11.3 Å². The van der Waals surface area contributed by atoms with E-state index in [1.807, 2.05) is 13.8 Å². The second-order valence-electron chi connectivity index (χ2n) is 6.16. The second kappa shape index (κ2) is 7.93. The third-order valence-corrected chi connectivity index (χ3v) is 6.17. The zero-order valence-corrected chi connectivity index (χ0v) is 14.7. The Labute approximate surface area is 139 Å². The summed E-state index contributed by atoms with van der Waals surface area (Å²) in [5.41, 5.74) is 0.823. The van der Waals surface area contributed by atoms with Crippen molar-refractivity contribution in [3.8, 4) is 0 Å². The molecule has 128 valence electrons. The minimum Gasteiger partial charge on any atom is -0.353 e. The molecule has 1 heterocycles. The van der Waals surface area contributed by atoms with Crippen LogP contribution in [0.25, 0.3) is 0 Å². The zero-order valence-electron chi connectivity index (χ0n) is 13.9. The fourth-order valence-corrected chi connectivity index (χ4v) is 4.16. The van der Waals surface area contributed by atoms with Gasteiger partial charge >= 0.3 is 0 Å². The van der Waals surface area contributed by atoms with E-state index in [0.29, 0.717) is 18.0 Å². The molecule has 0 spiro atoms. The van der Waals surface area contributed by atoms with Crippen molar-refractivity contribution in [2.75, 3.05) is 13.1 Å². The summed E-state index contributed by atoms with van der Waals surface area (Å²) in [6.45, 7) is 5.18. The summed E-state index contributed by atoms with van der Waals surface area (Å²) in [6.07, 6.45) is 4.10. The predicted molar refractivity (Wildman–Crippen MR) is 90.7 cm³/mol. The molecule has 1 N–H and O–H groups in total. The van der Waals surface area contributed by atoms with Gasteiger partial charge in [-0.2, -0.15) is 4.31 Å². The number of sulfonamides is 1. The summed E-state index contributed by atoms with van der Waals surface area (Å²) >= 11 is 0. The van der Waals surface area contributed by atoms with Crippen LogP contribution in [0.2, 0.25) is 0 Å². The van der Waals surface area contributed by atoms with Crippen LogP contribution >= 0.6 is 0 Å². The van der Waals surface area contributed by atoms with Crippen LogP contribution < -0.4 is 5.32 Å². The fraction of sp³-hybridized carbons (Fsp3) is 0.588. The highest BCUT2D eigenvalue weighted by atomic mass is 32.2. The van der Waals surface area contributed by atoms with Crippen LogP contribution in [0, 0.1) is 0 Å². The van der Waals surface area contributed by atoms with Gasteiger partial charge in [0, 0.05) is 19.1 Å². The van der Waals surface area contributed by atoms with Crippen LogP contribution in [0.15, 0.2) is 29.2 Å². The third kappa shape index (κ3) is 4.78. The maximum Gasteiger partial charge on any atom is 0.243 e. The molecule has 1 saturated heterocycles. The summed E-state index contributed by atoms with van der Waals surface area (Å²) in [5, 5.41) is 2.91. The van der Waals surface area contributed by atoms with E-state index in [0.717, 1.165) is 31.2 Å². The molecule has 5 nitrogen and oxygen atoms in total. The number of carbonyl (C=O) groups excluding carboxylic acids is 1. The van der Waals surface area contributed by atoms with E-state index in [1.165, 1.54) is 0 Å². The van der Waals surface area contributed by atoms with Crippen LogP contribution in [-0.4, -0.2) is 37.8 Å². The maximum absolute atomic E-state index is 12.6. The molecule has 0 aromatic heterocycles. The molecule has 1 unspecified atom stereocenters. The average Bonchev–Trinajstić information content (AvgIpc) is 2.56. The molecule has 23 heavy (non-hydrogen) atoms. The van der Waals surface area contributed by atoms with Gasteiger partial charge in [0.25, 0.3) is 0 Å². The van der Waals surface area contributed by atoms with Gasteiger partial charge in [-0.1, -0.05) is 25.5 Å². The molecular formula is C17H26N2O3S. The van der Waals surface area contributed by atoms with Crippen molar-refractivity contribution < 1.29 is 13.2 Å². The lowest BCUT2D eigenvalue weighted by Gasteiger charge is -2.25. The standard InChI is InChI=1S/C17H26N2O3S/c1-3-14(2)18-17(20)13-15-7-9-16(10-8-15)23(21,22)19-11-5-4-6-12-19/h7-10,14H,3-6,11-13H2,1-2H3,(H,18,20). The van der Waals surface area contributed by atoms with Crippen LogP contribution in [0.4, 0.5) is 0 Å². The SMILES string of the molecule is CCC(C)NC(=O)Cc1ccc(S(=O)(=O)N2CCCCC2)cc1. The molecule has 2 rings (SSSR count). The van der Waals surface area contributed by atoms with E-state index < -0.39 is 10.0 Å². The van der Waals surface area contributed by atoms with E-state index in [4.69, 9.17) is 0 Å². The number of carbonyl (C=O) groups is 1. The first kappa shape index (κ1) is 17.9. The number of rotatable bonds is 6. The smallest absolute Gasteiger partial charge is 0.243 e. The van der Waals surface area contributed by atoms with Gasteiger partial charge in [-0.3, -0.25) is 4.79 Å².